The van der Waals surface area contributed by atoms with Crippen LogP contribution in [0.5, 0.6) is 5.75 Å². The number of methoxy groups -OCH3 is 2. The summed E-state index contributed by atoms with van der Waals surface area (Å²) in [6, 6.07) is 16.3. The third-order valence-electron chi connectivity index (χ3n) is 5.11. The maximum absolute atomic E-state index is 13.2. The molecule has 0 saturated carbocycles. The molecule has 1 aliphatic rings. The molecule has 7 heteroatoms. The summed E-state index contributed by atoms with van der Waals surface area (Å²) in [5, 5.41) is 0.0666. The fraction of sp³-hybridized carbons (Fsp3) is 0.435. The molecule has 0 aromatic heterocycles. The number of amides is 1. The van der Waals surface area contributed by atoms with Gasteiger partial charge in [0.15, 0.2) is 0 Å². The fourth-order valence-electron chi connectivity index (χ4n) is 3.55. The highest BCUT2D eigenvalue weighted by molar-refractivity contribution is 9.10. The van der Waals surface area contributed by atoms with Crippen molar-refractivity contribution in [2.75, 3.05) is 46.2 Å². The van der Waals surface area contributed by atoms with Crippen molar-refractivity contribution in [1.82, 2.24) is 9.80 Å². The first-order chi connectivity index (χ1) is 14.6. The topological polar surface area (TPSA) is 42.0 Å². The molecule has 2 aromatic carbocycles. The zero-order valence-corrected chi connectivity index (χ0v) is 20.0. The second kappa shape index (κ2) is 11.7. The van der Waals surface area contributed by atoms with E-state index in [-0.39, 0.29) is 11.3 Å². The second-order valence-electron chi connectivity index (χ2n) is 7.27. The monoisotopic (exact) mass is 492 g/mol. The lowest BCUT2D eigenvalue weighted by atomic mass is 10.2. The van der Waals surface area contributed by atoms with Gasteiger partial charge in [0, 0.05) is 43.6 Å². The molecule has 1 amide bonds. The number of halogens is 1. The molecule has 1 heterocycles. The minimum atomic E-state index is 0.0666. The van der Waals surface area contributed by atoms with E-state index in [1.54, 1.807) is 14.2 Å². The van der Waals surface area contributed by atoms with Crippen LogP contribution < -0.4 is 4.74 Å². The van der Waals surface area contributed by atoms with Gasteiger partial charge in [-0.15, -0.1) is 11.8 Å². The van der Waals surface area contributed by atoms with E-state index in [4.69, 9.17) is 9.47 Å². The molecule has 30 heavy (non-hydrogen) atoms. The molecule has 1 atom stereocenters. The third-order valence-corrected chi connectivity index (χ3v) is 6.90. The van der Waals surface area contributed by atoms with E-state index in [0.717, 1.165) is 47.6 Å². The van der Waals surface area contributed by atoms with Crippen LogP contribution in [0, 0.1) is 0 Å². The molecule has 0 aliphatic carbocycles. The van der Waals surface area contributed by atoms with Crippen LogP contribution in [0.25, 0.3) is 0 Å². The van der Waals surface area contributed by atoms with Gasteiger partial charge in [-0.25, -0.2) is 0 Å². The number of hydrogen-bond acceptors (Lipinski definition) is 5. The Balaban J connectivity index is 1.66. The molecule has 1 saturated heterocycles. The summed E-state index contributed by atoms with van der Waals surface area (Å²) in [5.74, 6) is 1.97. The van der Waals surface area contributed by atoms with Crippen LogP contribution in [0.1, 0.15) is 22.9 Å². The first-order valence-electron chi connectivity index (χ1n) is 10.1. The van der Waals surface area contributed by atoms with Crippen LogP contribution in [0.3, 0.4) is 0 Å². The highest BCUT2D eigenvalue weighted by Crippen LogP contribution is 2.38. The van der Waals surface area contributed by atoms with Crippen molar-refractivity contribution in [2.45, 2.75) is 18.3 Å². The summed E-state index contributed by atoms with van der Waals surface area (Å²) in [4.78, 5) is 17.5. The van der Waals surface area contributed by atoms with Crippen LogP contribution in [0.4, 0.5) is 0 Å². The minimum Gasteiger partial charge on any atom is -0.497 e. The molecule has 0 bridgehead atoms. The third kappa shape index (κ3) is 6.48. The van der Waals surface area contributed by atoms with E-state index >= 15 is 0 Å². The highest BCUT2D eigenvalue weighted by Gasteiger charge is 2.31. The van der Waals surface area contributed by atoms with E-state index in [0.29, 0.717) is 13.2 Å². The van der Waals surface area contributed by atoms with Gasteiger partial charge in [-0.1, -0.05) is 40.2 Å². The molecule has 162 valence electrons. The van der Waals surface area contributed by atoms with Crippen molar-refractivity contribution in [2.24, 2.45) is 0 Å². The van der Waals surface area contributed by atoms with E-state index in [1.807, 2.05) is 40.9 Å². The normalized spacial score (nSPS) is 16.3. The zero-order chi connectivity index (χ0) is 21.3. The first kappa shape index (κ1) is 23.1. The molecule has 0 spiro atoms. The summed E-state index contributed by atoms with van der Waals surface area (Å²) in [6.07, 6.45) is 0.900. The zero-order valence-electron chi connectivity index (χ0n) is 17.6. The Morgan fingerprint density at radius 2 is 1.90 bits per heavy atom. The fourth-order valence-corrected chi connectivity index (χ4v) is 5.09. The number of nitrogens with zero attached hydrogens (tertiary/aromatic N) is 2. The largest absolute Gasteiger partial charge is 0.497 e. The molecule has 3 rings (SSSR count). The number of carbonyl (C=O) groups is 1. The van der Waals surface area contributed by atoms with E-state index in [2.05, 4.69) is 45.1 Å². The molecule has 0 N–H and O–H groups in total. The van der Waals surface area contributed by atoms with Gasteiger partial charge in [0.1, 0.15) is 11.1 Å². The minimum absolute atomic E-state index is 0.0666. The Kier molecular flexibility index (Phi) is 9.05. The van der Waals surface area contributed by atoms with Crippen LogP contribution in [-0.2, 0) is 16.1 Å². The number of thioether (sulfide) groups is 1. The molecule has 0 unspecified atom stereocenters. The molecule has 1 aliphatic heterocycles. The molecule has 0 radical (unpaired) electrons. The standard InChI is InChI=1S/C23H29BrN2O3S/c1-28-14-3-12-25(16-18-4-8-20(24)9-5-18)17-22(27)26-13-15-30-23(26)19-6-10-21(29-2)11-7-19/h4-11,23H,3,12-17H2,1-2H3/t23-/m0/s1. The number of benzene rings is 2. The molecular weight excluding hydrogens is 464 g/mol. The van der Waals surface area contributed by atoms with Crippen molar-refractivity contribution >= 4 is 33.6 Å². The van der Waals surface area contributed by atoms with Crippen molar-refractivity contribution in [3.8, 4) is 5.75 Å². The van der Waals surface area contributed by atoms with Gasteiger partial charge < -0.3 is 14.4 Å². The van der Waals surface area contributed by atoms with Gasteiger partial charge in [0.05, 0.1) is 13.7 Å². The van der Waals surface area contributed by atoms with Crippen molar-refractivity contribution in [1.29, 1.82) is 0 Å². The van der Waals surface area contributed by atoms with Crippen LogP contribution in [0.2, 0.25) is 0 Å². The smallest absolute Gasteiger partial charge is 0.237 e. The molecular formula is C23H29BrN2O3S. The maximum Gasteiger partial charge on any atom is 0.237 e. The highest BCUT2D eigenvalue weighted by atomic mass is 79.9. The summed E-state index contributed by atoms with van der Waals surface area (Å²) in [5.41, 5.74) is 2.34. The average molecular weight is 493 g/mol. The predicted molar refractivity (Wildman–Crippen MR) is 126 cm³/mol. The van der Waals surface area contributed by atoms with Crippen molar-refractivity contribution < 1.29 is 14.3 Å². The van der Waals surface area contributed by atoms with Crippen molar-refractivity contribution in [3.05, 3.63) is 64.1 Å². The van der Waals surface area contributed by atoms with Crippen molar-refractivity contribution in [3.63, 3.8) is 0 Å². The lowest BCUT2D eigenvalue weighted by Crippen LogP contribution is -2.40. The van der Waals surface area contributed by atoms with E-state index in [1.165, 1.54) is 5.56 Å². The average Bonchev–Trinajstić information content (AvgIpc) is 3.25. The predicted octanol–water partition coefficient (Wildman–Crippen LogP) is 4.57. The SMILES string of the molecule is COCCCN(CC(=O)N1CCS[C@H]1c1ccc(OC)cc1)Cc1ccc(Br)cc1. The van der Waals surface area contributed by atoms with E-state index < -0.39 is 0 Å². The lowest BCUT2D eigenvalue weighted by molar-refractivity contribution is -0.132. The molecule has 5 nitrogen and oxygen atoms in total. The van der Waals surface area contributed by atoms with Gasteiger partial charge in [0.2, 0.25) is 5.91 Å². The van der Waals surface area contributed by atoms with E-state index in [9.17, 15) is 4.79 Å². The quantitative estimate of drug-likeness (QED) is 0.454. The summed E-state index contributed by atoms with van der Waals surface area (Å²) < 4.78 is 11.5. The summed E-state index contributed by atoms with van der Waals surface area (Å²) in [6.45, 7) is 3.46. The summed E-state index contributed by atoms with van der Waals surface area (Å²) in [7, 11) is 3.38. The van der Waals surface area contributed by atoms with Crippen LogP contribution in [0.15, 0.2) is 53.0 Å². The van der Waals surface area contributed by atoms with Gasteiger partial charge in [-0.3, -0.25) is 9.69 Å². The Bertz CT molecular complexity index is 801. The van der Waals surface area contributed by atoms with Gasteiger partial charge >= 0.3 is 0 Å². The number of carbonyl (C=O) groups excluding carboxylic acids is 1. The first-order valence-corrected chi connectivity index (χ1v) is 12.0. The second-order valence-corrected chi connectivity index (χ2v) is 9.37. The Morgan fingerprint density at radius 3 is 2.57 bits per heavy atom. The number of ether oxygens (including phenoxy) is 2. The molecule has 2 aromatic rings. The van der Waals surface area contributed by atoms with Crippen LogP contribution in [-0.4, -0.2) is 61.9 Å². The van der Waals surface area contributed by atoms with Gasteiger partial charge in [0.25, 0.3) is 0 Å². The molecule has 1 fully saturated rings. The number of hydrogen-bond donors (Lipinski definition) is 0. The maximum atomic E-state index is 13.2. The Hall–Kier alpha value is -1.54. The Labute approximate surface area is 191 Å². The van der Waals surface area contributed by atoms with Crippen LogP contribution >= 0.6 is 27.7 Å². The summed E-state index contributed by atoms with van der Waals surface area (Å²) >= 11 is 5.30. The Morgan fingerprint density at radius 1 is 1.17 bits per heavy atom. The number of rotatable bonds is 10. The van der Waals surface area contributed by atoms with Gasteiger partial charge in [-0.05, 0) is 41.8 Å². The van der Waals surface area contributed by atoms with Gasteiger partial charge in [-0.2, -0.15) is 0 Å². The lowest BCUT2D eigenvalue weighted by Gasteiger charge is -2.28.